The van der Waals surface area contributed by atoms with E-state index >= 15 is 0 Å². The predicted octanol–water partition coefficient (Wildman–Crippen LogP) is 2.26. The largest absolute Gasteiger partial charge is 0.376 e. The number of anilines is 1. The minimum atomic E-state index is 0.116. The van der Waals surface area contributed by atoms with Gasteiger partial charge in [0.2, 0.25) is 5.91 Å². The average Bonchev–Trinajstić information content (AvgIpc) is 2.84. The number of hydrogen-bond donors (Lipinski definition) is 1. The van der Waals surface area contributed by atoms with Gasteiger partial charge in [-0.05, 0) is 32.0 Å². The summed E-state index contributed by atoms with van der Waals surface area (Å²) in [5.41, 5.74) is 1.97. The first-order valence-electron chi connectivity index (χ1n) is 7.12. The lowest BCUT2D eigenvalue weighted by atomic mass is 10.2. The predicted molar refractivity (Wildman–Crippen MR) is 84.8 cm³/mol. The van der Waals surface area contributed by atoms with Crippen molar-refractivity contribution in [2.45, 2.75) is 20.0 Å². The molecule has 5 nitrogen and oxygen atoms in total. The van der Waals surface area contributed by atoms with Gasteiger partial charge >= 0.3 is 0 Å². The van der Waals surface area contributed by atoms with E-state index in [-0.39, 0.29) is 12.0 Å². The zero-order valence-corrected chi connectivity index (χ0v) is 13.1. The maximum Gasteiger partial charge on any atom is 0.242 e. The van der Waals surface area contributed by atoms with Crippen LogP contribution in [-0.2, 0) is 9.53 Å². The third kappa shape index (κ3) is 3.33. The van der Waals surface area contributed by atoms with Gasteiger partial charge in [0.15, 0.2) is 0 Å². The Balaban J connectivity index is 1.61. The molecule has 1 aliphatic heterocycles. The van der Waals surface area contributed by atoms with Gasteiger partial charge in [-0.1, -0.05) is 0 Å². The molecule has 1 N–H and O–H groups in total. The molecule has 0 radical (unpaired) electrons. The molecule has 1 fully saturated rings. The van der Waals surface area contributed by atoms with Crippen LogP contribution in [0.1, 0.15) is 11.9 Å². The first-order valence-corrected chi connectivity index (χ1v) is 7.94. The Bertz CT molecular complexity index is 655. The number of carbonyl (C=O) groups is 1. The average molecular weight is 305 g/mol. The molecule has 1 amide bonds. The SMILES string of the molecule is Cc1nc2ccc(NCC(=O)N3CCO[C@@H](C)C3)cc2s1. The number of aryl methyl sites for hydroxylation is 1. The molecule has 1 atom stereocenters. The summed E-state index contributed by atoms with van der Waals surface area (Å²) in [6.45, 7) is 6.29. The van der Waals surface area contributed by atoms with Crippen LogP contribution in [0, 0.1) is 6.92 Å². The summed E-state index contributed by atoms with van der Waals surface area (Å²) >= 11 is 1.67. The highest BCUT2D eigenvalue weighted by Crippen LogP contribution is 2.24. The van der Waals surface area contributed by atoms with Gasteiger partial charge in [0.05, 0.1) is 34.5 Å². The van der Waals surface area contributed by atoms with E-state index in [9.17, 15) is 4.79 Å². The summed E-state index contributed by atoms with van der Waals surface area (Å²) in [5, 5.41) is 4.26. The number of thiazole rings is 1. The molecular formula is C15H19N3O2S. The van der Waals surface area contributed by atoms with Crippen LogP contribution in [0.25, 0.3) is 10.2 Å². The van der Waals surface area contributed by atoms with Crippen molar-refractivity contribution in [2.75, 3.05) is 31.6 Å². The van der Waals surface area contributed by atoms with E-state index < -0.39 is 0 Å². The normalized spacial score (nSPS) is 19.0. The van der Waals surface area contributed by atoms with Gasteiger partial charge in [0.1, 0.15) is 0 Å². The second-order valence-electron chi connectivity index (χ2n) is 5.29. The van der Waals surface area contributed by atoms with E-state index in [1.54, 1.807) is 11.3 Å². The maximum atomic E-state index is 12.2. The van der Waals surface area contributed by atoms with Crippen molar-refractivity contribution >= 4 is 33.1 Å². The van der Waals surface area contributed by atoms with Crippen molar-refractivity contribution < 1.29 is 9.53 Å². The van der Waals surface area contributed by atoms with Gasteiger partial charge < -0.3 is 15.0 Å². The van der Waals surface area contributed by atoms with Gasteiger partial charge in [-0.3, -0.25) is 4.79 Å². The Hall–Kier alpha value is -1.66. The molecule has 1 aromatic heterocycles. The standard InChI is InChI=1S/C15H19N3O2S/c1-10-9-18(5-6-20-10)15(19)8-16-12-3-4-13-14(7-12)21-11(2)17-13/h3-4,7,10,16H,5-6,8-9H2,1-2H3/t10-/m0/s1. The molecule has 112 valence electrons. The molecule has 1 aromatic carbocycles. The lowest BCUT2D eigenvalue weighted by Crippen LogP contribution is -2.46. The van der Waals surface area contributed by atoms with Crippen molar-refractivity contribution in [3.05, 3.63) is 23.2 Å². The third-order valence-corrected chi connectivity index (χ3v) is 4.47. The number of ether oxygens (including phenoxy) is 1. The Labute approximate surface area is 127 Å². The highest BCUT2D eigenvalue weighted by molar-refractivity contribution is 7.18. The first-order chi connectivity index (χ1) is 10.1. The second-order valence-corrected chi connectivity index (χ2v) is 6.52. The fourth-order valence-corrected chi connectivity index (χ4v) is 3.35. The maximum absolute atomic E-state index is 12.2. The molecule has 2 aromatic rings. The number of nitrogens with one attached hydrogen (secondary N) is 1. The number of rotatable bonds is 3. The smallest absolute Gasteiger partial charge is 0.242 e. The highest BCUT2D eigenvalue weighted by Gasteiger charge is 2.20. The van der Waals surface area contributed by atoms with E-state index in [0.717, 1.165) is 20.9 Å². The lowest BCUT2D eigenvalue weighted by Gasteiger charge is -2.31. The van der Waals surface area contributed by atoms with Crippen LogP contribution < -0.4 is 5.32 Å². The van der Waals surface area contributed by atoms with E-state index in [1.165, 1.54) is 0 Å². The lowest BCUT2D eigenvalue weighted by molar-refractivity contribution is -0.136. The number of carbonyl (C=O) groups excluding carboxylic acids is 1. The molecule has 0 bridgehead atoms. The van der Waals surface area contributed by atoms with Gasteiger partial charge in [0.25, 0.3) is 0 Å². The van der Waals surface area contributed by atoms with Crippen LogP contribution in [0.2, 0.25) is 0 Å². The van der Waals surface area contributed by atoms with Crippen molar-refractivity contribution in [1.82, 2.24) is 9.88 Å². The summed E-state index contributed by atoms with van der Waals surface area (Å²) in [5.74, 6) is 0.116. The zero-order chi connectivity index (χ0) is 14.8. The van der Waals surface area contributed by atoms with E-state index in [4.69, 9.17) is 4.74 Å². The summed E-state index contributed by atoms with van der Waals surface area (Å²) in [4.78, 5) is 18.5. The van der Waals surface area contributed by atoms with Crippen LogP contribution in [0.4, 0.5) is 5.69 Å². The van der Waals surface area contributed by atoms with Crippen LogP contribution >= 0.6 is 11.3 Å². The quantitative estimate of drug-likeness (QED) is 0.945. The van der Waals surface area contributed by atoms with Crippen LogP contribution in [0.15, 0.2) is 18.2 Å². The first kappa shape index (κ1) is 14.3. The summed E-state index contributed by atoms with van der Waals surface area (Å²) in [6, 6.07) is 6.01. The molecule has 3 rings (SSSR count). The Morgan fingerprint density at radius 2 is 2.43 bits per heavy atom. The van der Waals surface area contributed by atoms with Crippen LogP contribution in [0.3, 0.4) is 0 Å². The van der Waals surface area contributed by atoms with Gasteiger partial charge in [0, 0.05) is 18.8 Å². The Kier molecular flexibility index (Phi) is 4.07. The van der Waals surface area contributed by atoms with Crippen LogP contribution in [0.5, 0.6) is 0 Å². The van der Waals surface area contributed by atoms with Crippen molar-refractivity contribution in [3.8, 4) is 0 Å². The van der Waals surface area contributed by atoms with Gasteiger partial charge in [-0.15, -0.1) is 11.3 Å². The minimum absolute atomic E-state index is 0.116. The Morgan fingerprint density at radius 3 is 3.24 bits per heavy atom. The second kappa shape index (κ2) is 5.99. The Morgan fingerprint density at radius 1 is 1.57 bits per heavy atom. The van der Waals surface area contributed by atoms with Crippen molar-refractivity contribution in [2.24, 2.45) is 0 Å². The number of morpholine rings is 1. The number of benzene rings is 1. The molecule has 0 aliphatic carbocycles. The third-order valence-electron chi connectivity index (χ3n) is 3.53. The molecule has 1 aliphatic rings. The summed E-state index contributed by atoms with van der Waals surface area (Å²) < 4.78 is 6.60. The number of amides is 1. The molecule has 0 spiro atoms. The van der Waals surface area contributed by atoms with Gasteiger partial charge in [-0.25, -0.2) is 4.98 Å². The van der Waals surface area contributed by atoms with Crippen molar-refractivity contribution in [3.63, 3.8) is 0 Å². The number of aromatic nitrogens is 1. The summed E-state index contributed by atoms with van der Waals surface area (Å²) in [6.07, 6.45) is 0.124. The molecule has 1 saturated heterocycles. The summed E-state index contributed by atoms with van der Waals surface area (Å²) in [7, 11) is 0. The van der Waals surface area contributed by atoms with Crippen molar-refractivity contribution in [1.29, 1.82) is 0 Å². The van der Waals surface area contributed by atoms with Gasteiger partial charge in [-0.2, -0.15) is 0 Å². The van der Waals surface area contributed by atoms with Crippen LogP contribution in [-0.4, -0.2) is 48.1 Å². The molecule has 2 heterocycles. The highest BCUT2D eigenvalue weighted by atomic mass is 32.1. The molecule has 21 heavy (non-hydrogen) atoms. The number of nitrogens with zero attached hydrogens (tertiary/aromatic N) is 2. The van der Waals surface area contributed by atoms with E-state index in [0.29, 0.717) is 26.2 Å². The number of fused-ring (bicyclic) bond motifs is 1. The monoisotopic (exact) mass is 305 g/mol. The molecule has 0 saturated carbocycles. The zero-order valence-electron chi connectivity index (χ0n) is 12.3. The molecular weight excluding hydrogens is 286 g/mol. The van der Waals surface area contributed by atoms with E-state index in [2.05, 4.69) is 16.4 Å². The number of hydrogen-bond acceptors (Lipinski definition) is 5. The molecule has 0 unspecified atom stereocenters. The van der Waals surface area contributed by atoms with E-state index in [1.807, 2.05) is 30.9 Å². The minimum Gasteiger partial charge on any atom is -0.376 e. The topological polar surface area (TPSA) is 54.5 Å². The fraction of sp³-hybridized carbons (Fsp3) is 0.467. The molecule has 6 heteroatoms. The fourth-order valence-electron chi connectivity index (χ4n) is 2.48.